The summed E-state index contributed by atoms with van der Waals surface area (Å²) in [5.74, 6) is 1.21. The zero-order valence-electron chi connectivity index (χ0n) is 12.2. The Labute approximate surface area is 124 Å². The number of aryl methyl sites for hydroxylation is 1. The highest BCUT2D eigenvalue weighted by Crippen LogP contribution is 2.34. The molecule has 110 valence electrons. The van der Waals surface area contributed by atoms with Crippen LogP contribution in [0.15, 0.2) is 16.9 Å². The normalized spacial score (nSPS) is 29.4. The fraction of sp³-hybridized carbons (Fsp3) is 0.688. The molecule has 0 radical (unpaired) electrons. The predicted molar refractivity (Wildman–Crippen MR) is 85.4 cm³/mol. The van der Waals surface area contributed by atoms with Crippen LogP contribution in [0.1, 0.15) is 56.3 Å². The molecule has 3 unspecified atom stereocenters. The first kappa shape index (κ1) is 14.2. The Hall–Kier alpha value is -0.740. The predicted octanol–water partition coefficient (Wildman–Crippen LogP) is 3.02. The van der Waals surface area contributed by atoms with Crippen molar-refractivity contribution in [2.24, 2.45) is 0 Å². The minimum absolute atomic E-state index is 0.0321. The molecule has 2 aliphatic carbocycles. The second kappa shape index (κ2) is 6.35. The summed E-state index contributed by atoms with van der Waals surface area (Å²) in [4.78, 5) is 14.5. The number of aromatic amines is 1. The van der Waals surface area contributed by atoms with E-state index in [9.17, 15) is 4.79 Å². The lowest BCUT2D eigenvalue weighted by Crippen LogP contribution is -2.39. The summed E-state index contributed by atoms with van der Waals surface area (Å²) in [6.07, 6.45) is 7.37. The van der Waals surface area contributed by atoms with Crippen LogP contribution in [0.3, 0.4) is 0 Å². The van der Waals surface area contributed by atoms with E-state index in [4.69, 9.17) is 0 Å². The number of thioether (sulfide) groups is 1. The zero-order chi connectivity index (χ0) is 13.9. The Morgan fingerprint density at radius 2 is 2.20 bits per heavy atom. The van der Waals surface area contributed by atoms with Crippen molar-refractivity contribution in [1.29, 1.82) is 0 Å². The summed E-state index contributed by atoms with van der Waals surface area (Å²) < 4.78 is 0. The van der Waals surface area contributed by atoms with Gasteiger partial charge in [-0.25, -0.2) is 0 Å². The number of rotatable bonds is 4. The molecule has 3 atom stereocenters. The van der Waals surface area contributed by atoms with Crippen LogP contribution in [0.25, 0.3) is 0 Å². The number of fused-ring (bicyclic) bond motifs is 1. The highest BCUT2D eigenvalue weighted by atomic mass is 32.2. The lowest BCUT2D eigenvalue weighted by molar-refractivity contribution is 0.398. The number of nitrogens with one attached hydrogen (secondary N) is 2. The van der Waals surface area contributed by atoms with E-state index in [0.29, 0.717) is 12.1 Å². The molecule has 0 aliphatic heterocycles. The molecule has 1 fully saturated rings. The van der Waals surface area contributed by atoms with Crippen LogP contribution < -0.4 is 10.9 Å². The summed E-state index contributed by atoms with van der Waals surface area (Å²) in [5.41, 5.74) is 2.51. The van der Waals surface area contributed by atoms with E-state index in [1.54, 1.807) is 6.07 Å². The standard InChI is InChI=1S/C16H24N2OS/c1-2-20-15-8-4-7-14(15)17-12-5-3-6-13-11(12)9-10-16(19)18-13/h9-10,12,14-15,17H,2-8H2,1H3,(H,18,19). The van der Waals surface area contributed by atoms with Gasteiger partial charge < -0.3 is 10.3 Å². The van der Waals surface area contributed by atoms with E-state index in [1.807, 2.05) is 6.07 Å². The Morgan fingerprint density at radius 3 is 3.05 bits per heavy atom. The monoisotopic (exact) mass is 292 g/mol. The van der Waals surface area contributed by atoms with Crippen molar-refractivity contribution in [3.8, 4) is 0 Å². The molecule has 2 aliphatic rings. The maximum atomic E-state index is 11.5. The second-order valence-electron chi connectivity index (χ2n) is 5.90. The lowest BCUT2D eigenvalue weighted by Gasteiger charge is -2.31. The zero-order valence-corrected chi connectivity index (χ0v) is 13.0. The van der Waals surface area contributed by atoms with Gasteiger partial charge in [-0.3, -0.25) is 4.79 Å². The average Bonchev–Trinajstić information content (AvgIpc) is 2.86. The number of hydrogen-bond acceptors (Lipinski definition) is 3. The van der Waals surface area contributed by atoms with Crippen molar-refractivity contribution < 1.29 is 0 Å². The highest BCUT2D eigenvalue weighted by molar-refractivity contribution is 7.99. The van der Waals surface area contributed by atoms with Crippen LogP contribution in [0.4, 0.5) is 0 Å². The minimum atomic E-state index is 0.0321. The van der Waals surface area contributed by atoms with E-state index in [0.717, 1.165) is 17.4 Å². The van der Waals surface area contributed by atoms with Crippen molar-refractivity contribution in [2.45, 2.75) is 62.8 Å². The third-order valence-corrected chi connectivity index (χ3v) is 5.91. The maximum Gasteiger partial charge on any atom is 0.248 e. The molecule has 0 saturated heterocycles. The van der Waals surface area contributed by atoms with E-state index in [1.165, 1.54) is 43.4 Å². The van der Waals surface area contributed by atoms with Crippen molar-refractivity contribution in [1.82, 2.24) is 10.3 Å². The van der Waals surface area contributed by atoms with Gasteiger partial charge in [0.1, 0.15) is 0 Å². The van der Waals surface area contributed by atoms with Crippen LogP contribution in [0.2, 0.25) is 0 Å². The van der Waals surface area contributed by atoms with E-state index in [-0.39, 0.29) is 5.56 Å². The largest absolute Gasteiger partial charge is 0.326 e. The van der Waals surface area contributed by atoms with Crippen molar-refractivity contribution in [2.75, 3.05) is 5.75 Å². The first-order valence-corrected chi connectivity index (χ1v) is 8.92. The van der Waals surface area contributed by atoms with Gasteiger partial charge in [0.15, 0.2) is 0 Å². The molecule has 1 aromatic rings. The lowest BCUT2D eigenvalue weighted by atomic mass is 9.90. The number of aromatic nitrogens is 1. The summed E-state index contributed by atoms with van der Waals surface area (Å²) in [5, 5.41) is 4.66. The van der Waals surface area contributed by atoms with Crippen LogP contribution >= 0.6 is 11.8 Å². The smallest absolute Gasteiger partial charge is 0.248 e. The number of pyridine rings is 1. The summed E-state index contributed by atoms with van der Waals surface area (Å²) in [6, 6.07) is 4.77. The van der Waals surface area contributed by atoms with Gasteiger partial charge in [-0.05, 0) is 43.4 Å². The van der Waals surface area contributed by atoms with Crippen LogP contribution in [0, 0.1) is 0 Å². The SMILES string of the molecule is CCSC1CCCC1NC1CCCc2[nH]c(=O)ccc21. The Morgan fingerprint density at radius 1 is 1.30 bits per heavy atom. The topological polar surface area (TPSA) is 44.9 Å². The van der Waals surface area contributed by atoms with Crippen LogP contribution in [0.5, 0.6) is 0 Å². The molecule has 1 aromatic heterocycles. The Balaban J connectivity index is 1.74. The molecule has 3 rings (SSSR count). The maximum absolute atomic E-state index is 11.5. The Kier molecular flexibility index (Phi) is 4.51. The molecule has 2 N–H and O–H groups in total. The van der Waals surface area contributed by atoms with Crippen LogP contribution in [-0.2, 0) is 6.42 Å². The molecule has 0 bridgehead atoms. The van der Waals surface area contributed by atoms with Crippen molar-refractivity contribution in [3.05, 3.63) is 33.7 Å². The first-order chi connectivity index (χ1) is 9.78. The average molecular weight is 292 g/mol. The molecule has 0 amide bonds. The Bertz CT molecular complexity index is 513. The fourth-order valence-electron chi connectivity index (χ4n) is 3.66. The van der Waals surface area contributed by atoms with Gasteiger partial charge in [0, 0.05) is 29.1 Å². The molecule has 4 heteroatoms. The van der Waals surface area contributed by atoms with E-state index in [2.05, 4.69) is 29.0 Å². The second-order valence-corrected chi connectivity index (χ2v) is 7.42. The molecule has 1 heterocycles. The summed E-state index contributed by atoms with van der Waals surface area (Å²) >= 11 is 2.10. The molecule has 3 nitrogen and oxygen atoms in total. The summed E-state index contributed by atoms with van der Waals surface area (Å²) in [7, 11) is 0. The van der Waals surface area contributed by atoms with E-state index < -0.39 is 0 Å². The highest BCUT2D eigenvalue weighted by Gasteiger charge is 2.30. The number of H-pyrrole nitrogens is 1. The van der Waals surface area contributed by atoms with Crippen molar-refractivity contribution >= 4 is 11.8 Å². The van der Waals surface area contributed by atoms with Gasteiger partial charge in [0.25, 0.3) is 0 Å². The quantitative estimate of drug-likeness (QED) is 0.896. The third kappa shape index (κ3) is 2.96. The van der Waals surface area contributed by atoms with Crippen LogP contribution in [-0.4, -0.2) is 22.0 Å². The fourth-order valence-corrected chi connectivity index (χ4v) is 4.87. The first-order valence-electron chi connectivity index (χ1n) is 7.87. The van der Waals surface area contributed by atoms with Gasteiger partial charge in [-0.2, -0.15) is 11.8 Å². The van der Waals surface area contributed by atoms with Gasteiger partial charge in [-0.1, -0.05) is 19.4 Å². The minimum Gasteiger partial charge on any atom is -0.326 e. The van der Waals surface area contributed by atoms with Gasteiger partial charge in [0.05, 0.1) is 0 Å². The molecular formula is C16H24N2OS. The molecule has 1 saturated carbocycles. The van der Waals surface area contributed by atoms with Gasteiger partial charge >= 0.3 is 0 Å². The number of hydrogen-bond donors (Lipinski definition) is 2. The molecule has 20 heavy (non-hydrogen) atoms. The molecule has 0 spiro atoms. The van der Waals surface area contributed by atoms with E-state index >= 15 is 0 Å². The van der Waals surface area contributed by atoms with Gasteiger partial charge in [0.2, 0.25) is 5.56 Å². The van der Waals surface area contributed by atoms with Crippen molar-refractivity contribution in [3.63, 3.8) is 0 Å². The summed E-state index contributed by atoms with van der Waals surface area (Å²) in [6.45, 7) is 2.25. The van der Waals surface area contributed by atoms with Gasteiger partial charge in [-0.15, -0.1) is 0 Å². The molecule has 0 aromatic carbocycles. The third-order valence-electron chi connectivity index (χ3n) is 4.58. The molecular weight excluding hydrogens is 268 g/mol.